The van der Waals surface area contributed by atoms with Gasteiger partial charge in [-0.15, -0.1) is 0 Å². The second-order valence-corrected chi connectivity index (χ2v) is 3.71. The number of hydrogen-bond donors (Lipinski definition) is 2. The molecule has 1 rings (SSSR count). The Morgan fingerprint density at radius 2 is 1.82 bits per heavy atom. The number of hydrogen-bond acceptors (Lipinski definition) is 2. The Hall–Kier alpha value is -0.510. The van der Waals surface area contributed by atoms with E-state index in [2.05, 4.69) is 0 Å². The van der Waals surface area contributed by atoms with Crippen molar-refractivity contribution in [3.05, 3.63) is 30.3 Å². The van der Waals surface area contributed by atoms with E-state index in [1.165, 1.54) is 0 Å². The Bertz CT molecular complexity index is 201. The average Bonchev–Trinajstić information content (AvgIpc) is 2.07. The third-order valence-corrected chi connectivity index (χ3v) is 2.69. The maximum atomic E-state index is 9.39. The first-order valence-electron chi connectivity index (χ1n) is 3.40. The smallest absolute Gasteiger partial charge is 0.190 e. The highest BCUT2D eigenvalue weighted by Crippen LogP contribution is 2.08. The van der Waals surface area contributed by atoms with Crippen molar-refractivity contribution in [3.63, 3.8) is 0 Å². The molecule has 2 nitrogen and oxygen atoms in total. The molecule has 3 heteroatoms. The summed E-state index contributed by atoms with van der Waals surface area (Å²) in [4.78, 5) is 0.890. The molecular weight excluding hydrogens is 160 g/mol. The molecule has 1 aromatic rings. The minimum atomic E-state index is -0.783. The molecule has 2 N–H and O–H groups in total. The lowest BCUT2D eigenvalue weighted by atomic mass is 10.4. The molecule has 11 heavy (non-hydrogen) atoms. The Morgan fingerprint density at radius 1 is 1.18 bits per heavy atom. The first kappa shape index (κ1) is 8.59. The molecule has 60 valence electrons. The predicted molar refractivity (Wildman–Crippen MR) is 46.7 cm³/mol. The van der Waals surface area contributed by atoms with Crippen LogP contribution in [0.5, 0.6) is 0 Å². The molecule has 0 radical (unpaired) electrons. The van der Waals surface area contributed by atoms with E-state index in [9.17, 15) is 4.55 Å². The van der Waals surface area contributed by atoms with Crippen molar-refractivity contribution in [2.45, 2.75) is 4.90 Å². The molecule has 0 fully saturated rings. The molecule has 1 aromatic carbocycles. The third-order valence-electron chi connectivity index (χ3n) is 1.30. The number of aliphatic hydroxyl groups is 1. The van der Waals surface area contributed by atoms with Crippen LogP contribution in [0.1, 0.15) is 0 Å². The van der Waals surface area contributed by atoms with Crippen LogP contribution in [0.25, 0.3) is 0 Å². The van der Waals surface area contributed by atoms with Gasteiger partial charge in [0, 0.05) is 0 Å². The van der Waals surface area contributed by atoms with Gasteiger partial charge in [0.2, 0.25) is 0 Å². The fraction of sp³-hybridized carbons (Fsp3) is 0.250. The maximum Gasteiger partial charge on any atom is 0.190 e. The van der Waals surface area contributed by atoms with Crippen molar-refractivity contribution in [2.75, 3.05) is 12.4 Å². The van der Waals surface area contributed by atoms with E-state index in [1.54, 1.807) is 0 Å². The lowest BCUT2D eigenvalue weighted by molar-refractivity contribution is 0.320. The molecule has 0 heterocycles. The minimum absolute atomic E-state index is 0.0362. The van der Waals surface area contributed by atoms with E-state index < -0.39 is 11.2 Å². The van der Waals surface area contributed by atoms with E-state index in [0.29, 0.717) is 5.75 Å². The van der Waals surface area contributed by atoms with Gasteiger partial charge in [-0.25, -0.2) is 0 Å². The summed E-state index contributed by atoms with van der Waals surface area (Å²) in [6.45, 7) is 0.0362. The molecule has 1 unspecified atom stereocenters. The van der Waals surface area contributed by atoms with Crippen molar-refractivity contribution < 1.29 is 9.66 Å². The van der Waals surface area contributed by atoms with Crippen molar-refractivity contribution in [1.29, 1.82) is 0 Å². The summed E-state index contributed by atoms with van der Waals surface area (Å²) in [6.07, 6.45) is 0. The predicted octanol–water partition coefficient (Wildman–Crippen LogP) is 1.13. The second-order valence-electron chi connectivity index (χ2n) is 2.11. The zero-order valence-corrected chi connectivity index (χ0v) is 6.92. The highest BCUT2D eigenvalue weighted by Gasteiger charge is 2.16. The monoisotopic (exact) mass is 171 g/mol. The SMILES string of the molecule is OCC[S+](O)c1ccccc1. The van der Waals surface area contributed by atoms with Gasteiger partial charge < -0.3 is 5.11 Å². The van der Waals surface area contributed by atoms with Crippen molar-refractivity contribution in [1.82, 2.24) is 0 Å². The fourth-order valence-electron chi connectivity index (χ4n) is 0.782. The summed E-state index contributed by atoms with van der Waals surface area (Å²) in [5.41, 5.74) is 0. The highest BCUT2D eigenvalue weighted by molar-refractivity contribution is 7.91. The van der Waals surface area contributed by atoms with Crippen LogP contribution in [0.4, 0.5) is 0 Å². The van der Waals surface area contributed by atoms with E-state index in [0.717, 1.165) is 4.90 Å². The lowest BCUT2D eigenvalue weighted by Crippen LogP contribution is -2.09. The molecule has 0 saturated heterocycles. The standard InChI is InChI=1S/C8H11O2S/c9-6-7-11(10)8-4-2-1-3-5-8/h1-5,9-10H,6-7H2/q+1. The third kappa shape index (κ3) is 2.54. The van der Waals surface area contributed by atoms with Crippen LogP contribution in [-0.4, -0.2) is 22.0 Å². The van der Waals surface area contributed by atoms with Crippen LogP contribution in [0.15, 0.2) is 35.2 Å². The molecule has 0 aliphatic rings. The maximum absolute atomic E-state index is 9.39. The minimum Gasteiger partial charge on any atom is -0.391 e. The summed E-state index contributed by atoms with van der Waals surface area (Å²) < 4.78 is 9.39. The van der Waals surface area contributed by atoms with Gasteiger partial charge in [0.25, 0.3) is 0 Å². The molecule has 0 aromatic heterocycles. The van der Waals surface area contributed by atoms with Crippen molar-refractivity contribution in [3.8, 4) is 0 Å². The van der Waals surface area contributed by atoms with Gasteiger partial charge in [-0.1, -0.05) is 18.2 Å². The average molecular weight is 171 g/mol. The van der Waals surface area contributed by atoms with Crippen LogP contribution in [0.2, 0.25) is 0 Å². The first-order valence-corrected chi connectivity index (χ1v) is 4.75. The Kier molecular flexibility index (Phi) is 3.42. The topological polar surface area (TPSA) is 40.5 Å². The van der Waals surface area contributed by atoms with E-state index >= 15 is 0 Å². The van der Waals surface area contributed by atoms with Crippen molar-refractivity contribution in [2.24, 2.45) is 0 Å². The quantitative estimate of drug-likeness (QED) is 0.669. The number of rotatable bonds is 3. The fourth-order valence-corrected chi connectivity index (χ4v) is 1.66. The molecule has 0 aliphatic heterocycles. The van der Waals surface area contributed by atoms with Crippen LogP contribution >= 0.6 is 0 Å². The molecule has 0 saturated carbocycles. The van der Waals surface area contributed by atoms with Crippen LogP contribution in [0.3, 0.4) is 0 Å². The van der Waals surface area contributed by atoms with Gasteiger partial charge >= 0.3 is 0 Å². The van der Waals surface area contributed by atoms with E-state index in [1.807, 2.05) is 30.3 Å². The Labute approximate surface area is 69.0 Å². The molecule has 1 atom stereocenters. The summed E-state index contributed by atoms with van der Waals surface area (Å²) in [5.74, 6) is 0.435. The zero-order valence-electron chi connectivity index (χ0n) is 6.10. The van der Waals surface area contributed by atoms with Gasteiger partial charge in [-0.3, -0.25) is 0 Å². The number of benzene rings is 1. The number of aliphatic hydroxyl groups excluding tert-OH is 1. The second kappa shape index (κ2) is 4.38. The summed E-state index contributed by atoms with van der Waals surface area (Å²) in [6, 6.07) is 9.38. The van der Waals surface area contributed by atoms with E-state index in [-0.39, 0.29) is 6.61 Å². The molecule has 0 amide bonds. The Morgan fingerprint density at radius 3 is 2.36 bits per heavy atom. The first-order chi connectivity index (χ1) is 5.34. The molecule has 0 spiro atoms. The summed E-state index contributed by atoms with van der Waals surface area (Å²) in [5, 5.41) is 8.54. The lowest BCUT2D eigenvalue weighted by Gasteiger charge is -1.95. The van der Waals surface area contributed by atoms with Crippen LogP contribution in [-0.2, 0) is 11.2 Å². The largest absolute Gasteiger partial charge is 0.391 e. The van der Waals surface area contributed by atoms with E-state index in [4.69, 9.17) is 5.11 Å². The highest BCUT2D eigenvalue weighted by atomic mass is 32.2. The van der Waals surface area contributed by atoms with Crippen LogP contribution < -0.4 is 0 Å². The molecule has 0 aliphatic carbocycles. The normalized spacial score (nSPS) is 12.9. The summed E-state index contributed by atoms with van der Waals surface area (Å²) >= 11 is -0.783. The zero-order chi connectivity index (χ0) is 8.10. The van der Waals surface area contributed by atoms with Gasteiger partial charge in [0.05, 0.1) is 6.61 Å². The van der Waals surface area contributed by atoms with Gasteiger partial charge in [0.1, 0.15) is 0 Å². The summed E-state index contributed by atoms with van der Waals surface area (Å²) in [7, 11) is 0. The Balaban J connectivity index is 2.61. The van der Waals surface area contributed by atoms with Gasteiger partial charge in [-0.2, -0.15) is 4.55 Å². The van der Waals surface area contributed by atoms with Crippen molar-refractivity contribution >= 4 is 11.2 Å². The molecule has 0 bridgehead atoms. The molecular formula is C8H11O2S+. The van der Waals surface area contributed by atoms with Crippen LogP contribution in [0, 0.1) is 0 Å². The van der Waals surface area contributed by atoms with Gasteiger partial charge in [-0.05, 0) is 12.1 Å². The van der Waals surface area contributed by atoms with Gasteiger partial charge in [0.15, 0.2) is 21.8 Å².